The van der Waals surface area contributed by atoms with Crippen LogP contribution >= 0.6 is 0 Å². The Morgan fingerprint density at radius 3 is 2.40 bits per heavy atom. The van der Waals surface area contributed by atoms with E-state index in [1.807, 2.05) is 0 Å². The number of likely N-dealkylation sites (tertiary alicyclic amines) is 1. The number of rotatable bonds is 5. The van der Waals surface area contributed by atoms with Crippen LogP contribution in [-0.2, 0) is 0 Å². The maximum Gasteiger partial charge on any atom is 0.236 e. The van der Waals surface area contributed by atoms with E-state index in [2.05, 4.69) is 173 Å². The van der Waals surface area contributed by atoms with Gasteiger partial charge in [0.1, 0.15) is 0 Å². The minimum absolute atomic E-state index is 0.0274. The molecule has 58 heavy (non-hydrogen) atoms. The number of para-hydroxylation sites is 1. The lowest BCUT2D eigenvalue weighted by molar-refractivity contribution is -0.570. The van der Waals surface area contributed by atoms with E-state index in [-0.39, 0.29) is 18.2 Å². The van der Waals surface area contributed by atoms with E-state index in [9.17, 15) is 0 Å². The summed E-state index contributed by atoms with van der Waals surface area (Å²) in [5.41, 5.74) is 13.7. The molecule has 0 aromatic heterocycles. The van der Waals surface area contributed by atoms with E-state index in [0.29, 0.717) is 29.8 Å². The first-order valence-electron chi connectivity index (χ1n) is 21.8. The number of allylic oxidation sites excluding steroid dienone is 5. The lowest BCUT2D eigenvalue weighted by atomic mass is 9.73. The third-order valence-electron chi connectivity index (χ3n) is 14.4. The second-order valence-corrected chi connectivity index (χ2v) is 17.4. The van der Waals surface area contributed by atoms with Crippen molar-refractivity contribution in [3.05, 3.63) is 196 Å². The van der Waals surface area contributed by atoms with Crippen LogP contribution in [0.3, 0.4) is 0 Å². The molecular weight excluding hydrogens is 707 g/mol. The van der Waals surface area contributed by atoms with Crippen LogP contribution in [0.25, 0.3) is 12.2 Å². The minimum atomic E-state index is -0.0274. The van der Waals surface area contributed by atoms with Crippen molar-refractivity contribution in [1.29, 1.82) is 0 Å². The number of anilines is 1. The van der Waals surface area contributed by atoms with E-state index in [4.69, 9.17) is 9.98 Å². The first kappa shape index (κ1) is 34.3. The van der Waals surface area contributed by atoms with Crippen LogP contribution in [0.2, 0.25) is 0 Å². The molecule has 0 saturated carbocycles. The van der Waals surface area contributed by atoms with Gasteiger partial charge in [0.15, 0.2) is 5.84 Å². The van der Waals surface area contributed by atoms with Crippen molar-refractivity contribution >= 4 is 29.5 Å². The van der Waals surface area contributed by atoms with Gasteiger partial charge in [-0.1, -0.05) is 140 Å². The molecule has 0 spiro atoms. The predicted molar refractivity (Wildman–Crippen MR) is 236 cm³/mol. The summed E-state index contributed by atoms with van der Waals surface area (Å²) in [5.74, 6) is 3.12. The van der Waals surface area contributed by atoms with Crippen LogP contribution in [0.15, 0.2) is 167 Å². The fraction of sp³-hybridized carbons (Fsp3) is 0.283. The molecule has 12 rings (SSSR count). The van der Waals surface area contributed by atoms with Gasteiger partial charge in [-0.15, -0.1) is 0 Å². The molecule has 1 fully saturated rings. The maximum atomic E-state index is 5.35. The highest BCUT2D eigenvalue weighted by atomic mass is 15.3. The van der Waals surface area contributed by atoms with Crippen molar-refractivity contribution in [3.8, 4) is 0 Å². The highest BCUT2D eigenvalue weighted by Gasteiger charge is 2.55. The lowest BCUT2D eigenvalue weighted by Gasteiger charge is -2.45. The average Bonchev–Trinajstić information content (AvgIpc) is 3.81. The molecule has 0 amide bonds. The molecule has 0 bridgehead atoms. The molecule has 8 unspecified atom stereocenters. The van der Waals surface area contributed by atoms with Gasteiger partial charge in [-0.3, -0.25) is 5.32 Å². The van der Waals surface area contributed by atoms with Gasteiger partial charge in [0.2, 0.25) is 12.0 Å². The SMILES string of the molecule is C1=CCCC(C2N=C(c3ccccc3)N=C(c3cccc4c3C=CCC4N3C4=Cc5ccccc5C(N5c6ccccc6C6C=CCCC65)C4C4C=CCCC43)[NH2+]2)=C1. The van der Waals surface area contributed by atoms with Crippen molar-refractivity contribution in [1.82, 2.24) is 4.90 Å². The Morgan fingerprint density at radius 1 is 0.690 bits per heavy atom. The van der Waals surface area contributed by atoms with Crippen molar-refractivity contribution < 1.29 is 5.32 Å². The van der Waals surface area contributed by atoms with E-state index >= 15 is 0 Å². The number of benzene rings is 4. The highest BCUT2D eigenvalue weighted by Crippen LogP contribution is 2.61. The molecular formula is C53H50N5+. The molecule has 5 nitrogen and oxygen atoms in total. The Hall–Kier alpha value is -5.78. The van der Waals surface area contributed by atoms with Crippen molar-refractivity contribution in [2.24, 2.45) is 21.8 Å². The summed E-state index contributed by atoms with van der Waals surface area (Å²) in [6.45, 7) is 0. The number of fused-ring (bicyclic) bond motifs is 8. The molecule has 3 aliphatic heterocycles. The van der Waals surface area contributed by atoms with E-state index in [0.717, 1.165) is 49.3 Å². The summed E-state index contributed by atoms with van der Waals surface area (Å²) < 4.78 is 0. The number of hydrogen-bond donors (Lipinski definition) is 1. The summed E-state index contributed by atoms with van der Waals surface area (Å²) in [4.78, 5) is 16.4. The Morgan fingerprint density at radius 2 is 1.50 bits per heavy atom. The summed E-state index contributed by atoms with van der Waals surface area (Å²) in [5, 5.41) is 2.32. The zero-order chi connectivity index (χ0) is 38.2. The van der Waals surface area contributed by atoms with Gasteiger partial charge in [-0.05, 0) is 91.0 Å². The number of amidine groups is 2. The van der Waals surface area contributed by atoms with Crippen molar-refractivity contribution in [3.63, 3.8) is 0 Å². The summed E-state index contributed by atoms with van der Waals surface area (Å²) >= 11 is 0. The molecule has 1 saturated heterocycles. The average molecular weight is 757 g/mol. The molecule has 4 aromatic carbocycles. The van der Waals surface area contributed by atoms with Gasteiger partial charge in [0.25, 0.3) is 0 Å². The van der Waals surface area contributed by atoms with Crippen LogP contribution < -0.4 is 10.2 Å². The van der Waals surface area contributed by atoms with Crippen LogP contribution in [0.4, 0.5) is 5.69 Å². The fourth-order valence-corrected chi connectivity index (χ4v) is 12.0. The third-order valence-corrected chi connectivity index (χ3v) is 14.4. The van der Waals surface area contributed by atoms with Gasteiger partial charge in [-0.25, -0.2) is 4.99 Å². The second kappa shape index (κ2) is 14.0. The van der Waals surface area contributed by atoms with Crippen LogP contribution in [0.1, 0.15) is 102 Å². The number of quaternary nitrogens is 1. The molecule has 0 radical (unpaired) electrons. The van der Waals surface area contributed by atoms with E-state index in [1.165, 1.54) is 63.2 Å². The first-order valence-corrected chi connectivity index (χ1v) is 21.8. The Labute approximate surface area is 342 Å². The molecule has 5 aliphatic carbocycles. The number of aliphatic imine (C=N–C) groups is 2. The van der Waals surface area contributed by atoms with Gasteiger partial charge < -0.3 is 9.80 Å². The normalized spacial score (nSPS) is 29.9. The van der Waals surface area contributed by atoms with Gasteiger partial charge >= 0.3 is 0 Å². The predicted octanol–water partition coefficient (Wildman–Crippen LogP) is 10.2. The summed E-state index contributed by atoms with van der Waals surface area (Å²) in [6.07, 6.45) is 31.9. The van der Waals surface area contributed by atoms with Gasteiger partial charge in [0, 0.05) is 52.4 Å². The lowest BCUT2D eigenvalue weighted by Crippen LogP contribution is -2.94. The molecule has 2 N–H and O–H groups in total. The maximum absolute atomic E-state index is 5.35. The monoisotopic (exact) mass is 756 g/mol. The minimum Gasteiger partial charge on any atom is -0.363 e. The molecule has 5 heteroatoms. The van der Waals surface area contributed by atoms with Gasteiger partial charge in [0.05, 0.1) is 17.6 Å². The molecule has 3 heterocycles. The standard InChI is InChI=1S/C53H49N5/c1-3-17-34(18-4-1)51-54-52(35-19-5-2-6-20-35)56-53(55-51)42-28-15-27-39-38(42)26-16-32-44(39)57-47-31-14-11-25-43(47)49-48(57)33-36-21-7-8-22-37(36)50(49)58-45-29-12-9-23-40(45)41-24-10-13-30-46(41)58/h1-5,7-12,15-19,21-29,33,41,43-44,46-47,49-50,52H,6,13-14,20,30-32H2,(H,54,55,56)/p+1. The van der Waals surface area contributed by atoms with E-state index in [1.54, 1.807) is 0 Å². The zero-order valence-corrected chi connectivity index (χ0v) is 32.9. The molecule has 4 aromatic rings. The summed E-state index contributed by atoms with van der Waals surface area (Å²) in [6, 6.07) is 37.6. The highest BCUT2D eigenvalue weighted by molar-refractivity contribution is 6.10. The van der Waals surface area contributed by atoms with Crippen molar-refractivity contribution in [2.75, 3.05) is 4.90 Å². The second-order valence-electron chi connectivity index (χ2n) is 17.4. The van der Waals surface area contributed by atoms with Crippen LogP contribution in [-0.4, -0.2) is 34.8 Å². The Bertz CT molecular complexity index is 2550. The third kappa shape index (κ3) is 5.39. The Kier molecular flexibility index (Phi) is 8.25. The number of hydrogen-bond acceptors (Lipinski definition) is 4. The van der Waals surface area contributed by atoms with Crippen molar-refractivity contribution in [2.45, 2.75) is 81.2 Å². The first-order chi connectivity index (χ1) is 28.8. The zero-order valence-electron chi connectivity index (χ0n) is 32.9. The van der Waals surface area contributed by atoms with E-state index < -0.39 is 0 Å². The van der Waals surface area contributed by atoms with Crippen LogP contribution in [0, 0.1) is 11.8 Å². The topological polar surface area (TPSA) is 47.8 Å². The fourth-order valence-electron chi connectivity index (χ4n) is 12.0. The number of nitrogens with zero attached hydrogens (tertiary/aromatic N) is 4. The molecule has 286 valence electrons. The van der Waals surface area contributed by atoms with Crippen LogP contribution in [0.5, 0.6) is 0 Å². The van der Waals surface area contributed by atoms with Gasteiger partial charge in [-0.2, -0.15) is 4.99 Å². The molecule has 8 aliphatic rings. The number of nitrogens with two attached hydrogens (primary N) is 1. The Balaban J connectivity index is 0.974. The quantitative estimate of drug-likeness (QED) is 0.206. The largest absolute Gasteiger partial charge is 0.363 e. The molecule has 8 atom stereocenters. The smallest absolute Gasteiger partial charge is 0.236 e. The summed E-state index contributed by atoms with van der Waals surface area (Å²) in [7, 11) is 0.